The van der Waals surface area contributed by atoms with Crippen molar-refractivity contribution < 1.29 is 19.1 Å². The molecule has 2 aliphatic rings. The summed E-state index contributed by atoms with van der Waals surface area (Å²) in [6.07, 6.45) is 1.37. The van der Waals surface area contributed by atoms with Crippen LogP contribution in [0, 0.1) is 5.92 Å². The molecule has 1 fully saturated rings. The number of nitrogens with one attached hydrogen (secondary N) is 1. The van der Waals surface area contributed by atoms with Crippen LogP contribution in [-0.2, 0) is 0 Å². The maximum atomic E-state index is 12.6. The molecule has 4 rings (SSSR count). The number of rotatable bonds is 3. The van der Waals surface area contributed by atoms with E-state index in [1.807, 2.05) is 30.3 Å². The van der Waals surface area contributed by atoms with Crippen LogP contribution in [0.4, 0.5) is 10.5 Å². The molecule has 1 N–H and O–H groups in total. The van der Waals surface area contributed by atoms with Crippen LogP contribution in [0.3, 0.4) is 0 Å². The van der Waals surface area contributed by atoms with E-state index in [-0.39, 0.29) is 17.7 Å². The number of fused-ring (bicyclic) bond motifs is 1. The van der Waals surface area contributed by atoms with E-state index >= 15 is 0 Å². The standard InChI is InChI=1S/C21H22N2O4/c24-20(15-4-2-1-3-5-15)16-8-10-23(11-9-16)21(25)22-17-6-7-18-19(14-17)27-13-12-26-18/h1-7,14,16H,8-13H2,(H,22,25). The number of Topliss-reactive ketones (excluding diaryl/α,β-unsaturated/α-hetero) is 1. The Morgan fingerprint density at radius 1 is 0.926 bits per heavy atom. The Balaban J connectivity index is 1.33. The predicted octanol–water partition coefficient (Wildman–Crippen LogP) is 3.58. The molecule has 0 aliphatic carbocycles. The molecule has 0 radical (unpaired) electrons. The van der Waals surface area contributed by atoms with Gasteiger partial charge in [-0.2, -0.15) is 0 Å². The average Bonchev–Trinajstić information content (AvgIpc) is 2.74. The molecule has 2 aromatic carbocycles. The molecule has 0 atom stereocenters. The topological polar surface area (TPSA) is 67.9 Å². The predicted molar refractivity (Wildman–Crippen MR) is 102 cm³/mol. The van der Waals surface area contributed by atoms with Crippen molar-refractivity contribution in [1.82, 2.24) is 4.90 Å². The number of carbonyl (C=O) groups excluding carboxylic acids is 2. The molecular formula is C21H22N2O4. The molecule has 0 aromatic heterocycles. The summed E-state index contributed by atoms with van der Waals surface area (Å²) in [5.74, 6) is 1.49. The minimum Gasteiger partial charge on any atom is -0.486 e. The number of urea groups is 1. The van der Waals surface area contributed by atoms with E-state index < -0.39 is 0 Å². The van der Waals surface area contributed by atoms with Crippen molar-refractivity contribution in [3.63, 3.8) is 0 Å². The fourth-order valence-electron chi connectivity index (χ4n) is 3.51. The van der Waals surface area contributed by atoms with Crippen molar-refractivity contribution in [2.24, 2.45) is 5.92 Å². The van der Waals surface area contributed by atoms with Crippen molar-refractivity contribution in [3.8, 4) is 11.5 Å². The van der Waals surface area contributed by atoms with Crippen molar-refractivity contribution >= 4 is 17.5 Å². The molecule has 0 unspecified atom stereocenters. The van der Waals surface area contributed by atoms with Gasteiger partial charge in [0, 0.05) is 36.3 Å². The van der Waals surface area contributed by atoms with Gasteiger partial charge in [0.1, 0.15) is 13.2 Å². The van der Waals surface area contributed by atoms with Gasteiger partial charge >= 0.3 is 6.03 Å². The van der Waals surface area contributed by atoms with Gasteiger partial charge in [-0.05, 0) is 25.0 Å². The van der Waals surface area contributed by atoms with Crippen molar-refractivity contribution in [2.45, 2.75) is 12.8 Å². The first kappa shape index (κ1) is 17.4. The molecule has 2 aromatic rings. The van der Waals surface area contributed by atoms with Gasteiger partial charge in [-0.25, -0.2) is 4.79 Å². The Morgan fingerprint density at radius 3 is 2.37 bits per heavy atom. The van der Waals surface area contributed by atoms with Crippen LogP contribution in [0.25, 0.3) is 0 Å². The zero-order valence-electron chi connectivity index (χ0n) is 15.0. The second-order valence-electron chi connectivity index (χ2n) is 6.78. The van der Waals surface area contributed by atoms with Gasteiger partial charge in [-0.15, -0.1) is 0 Å². The highest BCUT2D eigenvalue weighted by atomic mass is 16.6. The highest BCUT2D eigenvalue weighted by Crippen LogP contribution is 2.32. The molecule has 1 saturated heterocycles. The van der Waals surface area contributed by atoms with Crippen LogP contribution in [-0.4, -0.2) is 43.0 Å². The van der Waals surface area contributed by atoms with Crippen molar-refractivity contribution in [3.05, 3.63) is 54.1 Å². The molecule has 2 heterocycles. The highest BCUT2D eigenvalue weighted by molar-refractivity contribution is 5.98. The fourth-order valence-corrected chi connectivity index (χ4v) is 3.51. The largest absolute Gasteiger partial charge is 0.486 e. The van der Waals surface area contributed by atoms with Crippen LogP contribution in [0.2, 0.25) is 0 Å². The number of anilines is 1. The van der Waals surface area contributed by atoms with Crippen LogP contribution < -0.4 is 14.8 Å². The van der Waals surface area contributed by atoms with Crippen LogP contribution in [0.5, 0.6) is 11.5 Å². The Morgan fingerprint density at radius 2 is 1.63 bits per heavy atom. The number of hydrogen-bond donors (Lipinski definition) is 1. The summed E-state index contributed by atoms with van der Waals surface area (Å²) in [5, 5.41) is 2.90. The quantitative estimate of drug-likeness (QED) is 0.843. The van der Waals surface area contributed by atoms with Crippen LogP contribution in [0.15, 0.2) is 48.5 Å². The number of piperidine rings is 1. The third-order valence-corrected chi connectivity index (χ3v) is 5.00. The molecule has 0 bridgehead atoms. The summed E-state index contributed by atoms with van der Waals surface area (Å²) in [4.78, 5) is 26.9. The van der Waals surface area contributed by atoms with Crippen LogP contribution >= 0.6 is 0 Å². The summed E-state index contributed by atoms with van der Waals surface area (Å²) in [6.45, 7) is 2.18. The fraction of sp³-hybridized carbons (Fsp3) is 0.333. The third-order valence-electron chi connectivity index (χ3n) is 5.00. The Kier molecular flexibility index (Phi) is 4.96. The average molecular weight is 366 g/mol. The number of amides is 2. The summed E-state index contributed by atoms with van der Waals surface area (Å²) in [6, 6.07) is 14.6. The number of nitrogens with zero attached hydrogens (tertiary/aromatic N) is 1. The lowest BCUT2D eigenvalue weighted by Gasteiger charge is -2.31. The highest BCUT2D eigenvalue weighted by Gasteiger charge is 2.28. The maximum Gasteiger partial charge on any atom is 0.321 e. The first-order valence-corrected chi connectivity index (χ1v) is 9.25. The number of ketones is 1. The monoisotopic (exact) mass is 366 g/mol. The van der Waals surface area contributed by atoms with Gasteiger partial charge in [-0.3, -0.25) is 4.79 Å². The molecule has 0 saturated carbocycles. The van der Waals surface area contributed by atoms with Gasteiger partial charge in [0.25, 0.3) is 0 Å². The molecule has 140 valence electrons. The first-order chi connectivity index (χ1) is 13.2. The van der Waals surface area contributed by atoms with E-state index in [0.29, 0.717) is 56.3 Å². The SMILES string of the molecule is O=C(c1ccccc1)C1CCN(C(=O)Nc2ccc3c(c2)OCCO3)CC1. The van der Waals surface area contributed by atoms with Crippen molar-refractivity contribution in [1.29, 1.82) is 0 Å². The number of carbonyl (C=O) groups is 2. The second kappa shape index (κ2) is 7.70. The molecular weight excluding hydrogens is 344 g/mol. The minimum atomic E-state index is -0.155. The van der Waals surface area contributed by atoms with E-state index in [4.69, 9.17) is 9.47 Å². The Labute approximate surface area is 158 Å². The van der Waals surface area contributed by atoms with Gasteiger partial charge in [0.05, 0.1) is 0 Å². The zero-order chi connectivity index (χ0) is 18.6. The van der Waals surface area contributed by atoms with E-state index in [1.54, 1.807) is 23.1 Å². The maximum absolute atomic E-state index is 12.6. The Bertz CT molecular complexity index is 829. The lowest BCUT2D eigenvalue weighted by molar-refractivity contribution is 0.0859. The minimum absolute atomic E-state index is 0.0225. The first-order valence-electron chi connectivity index (χ1n) is 9.25. The zero-order valence-corrected chi connectivity index (χ0v) is 15.0. The van der Waals surface area contributed by atoms with E-state index in [9.17, 15) is 9.59 Å². The van der Waals surface area contributed by atoms with Crippen LogP contribution in [0.1, 0.15) is 23.2 Å². The van der Waals surface area contributed by atoms with Gasteiger partial charge < -0.3 is 19.7 Å². The molecule has 2 aliphatic heterocycles. The number of ether oxygens (including phenoxy) is 2. The van der Waals surface area contributed by atoms with E-state index in [2.05, 4.69) is 5.32 Å². The number of hydrogen-bond acceptors (Lipinski definition) is 4. The second-order valence-corrected chi connectivity index (χ2v) is 6.78. The smallest absolute Gasteiger partial charge is 0.321 e. The Hall–Kier alpha value is -3.02. The lowest BCUT2D eigenvalue weighted by atomic mass is 9.89. The van der Waals surface area contributed by atoms with Crippen molar-refractivity contribution in [2.75, 3.05) is 31.6 Å². The number of benzene rings is 2. The summed E-state index contributed by atoms with van der Waals surface area (Å²) >= 11 is 0. The molecule has 27 heavy (non-hydrogen) atoms. The third kappa shape index (κ3) is 3.89. The normalized spacial score (nSPS) is 16.7. The van der Waals surface area contributed by atoms with Gasteiger partial charge in [0.15, 0.2) is 17.3 Å². The van der Waals surface area contributed by atoms with E-state index in [1.165, 1.54) is 0 Å². The molecule has 6 heteroatoms. The molecule has 2 amide bonds. The summed E-state index contributed by atoms with van der Waals surface area (Å²) in [7, 11) is 0. The summed E-state index contributed by atoms with van der Waals surface area (Å²) in [5.41, 5.74) is 1.42. The number of likely N-dealkylation sites (tertiary alicyclic amines) is 1. The lowest BCUT2D eigenvalue weighted by Crippen LogP contribution is -2.42. The van der Waals surface area contributed by atoms with Gasteiger partial charge in [0.2, 0.25) is 0 Å². The van der Waals surface area contributed by atoms with Gasteiger partial charge in [-0.1, -0.05) is 30.3 Å². The summed E-state index contributed by atoms with van der Waals surface area (Å²) < 4.78 is 11.0. The molecule has 0 spiro atoms. The molecule has 6 nitrogen and oxygen atoms in total. The van der Waals surface area contributed by atoms with E-state index in [0.717, 1.165) is 5.56 Å².